The largest absolute Gasteiger partial charge is 0.507 e. The van der Waals surface area contributed by atoms with Crippen molar-refractivity contribution in [3.05, 3.63) is 106 Å². The van der Waals surface area contributed by atoms with Crippen LogP contribution >= 0.6 is 11.3 Å². The molecule has 35 heavy (non-hydrogen) atoms. The molecule has 3 aromatic carbocycles. The first kappa shape index (κ1) is 22.5. The molecule has 4 aromatic rings. The van der Waals surface area contributed by atoms with Crippen molar-refractivity contribution in [1.29, 1.82) is 0 Å². The average Bonchev–Trinajstić information content (AvgIpc) is 3.40. The first-order valence-corrected chi connectivity index (χ1v) is 11.7. The van der Waals surface area contributed by atoms with Crippen LogP contribution in [-0.4, -0.2) is 27.0 Å². The number of carbonyl (C=O) groups excluding carboxylic acids is 2. The van der Waals surface area contributed by atoms with Gasteiger partial charge in [0.15, 0.2) is 0 Å². The Morgan fingerprint density at radius 3 is 2.31 bits per heavy atom. The van der Waals surface area contributed by atoms with Gasteiger partial charge in [0, 0.05) is 5.56 Å². The van der Waals surface area contributed by atoms with E-state index in [1.165, 1.54) is 16.2 Å². The van der Waals surface area contributed by atoms with Gasteiger partial charge in [-0.25, -0.2) is 0 Å². The number of aryl methyl sites for hydroxylation is 2. The molecule has 1 aliphatic heterocycles. The number of para-hydroxylation sites is 1. The highest BCUT2D eigenvalue weighted by Crippen LogP contribution is 2.43. The standard InChI is InChI=1S/C27H21N3O4S/c1-16-11-13-18(14-12-16)24(31)22-23(30(26(33)25(22)32)27-29-28-17(2)35-27)19-7-6-10-21(15-19)34-20-8-4-3-5-9-20/h3-15,23,31H,1-2H3/t23-/m1/s1. The summed E-state index contributed by atoms with van der Waals surface area (Å²) in [5.74, 6) is -0.614. The van der Waals surface area contributed by atoms with Gasteiger partial charge in [0.05, 0.1) is 11.6 Å². The molecule has 5 rings (SSSR count). The van der Waals surface area contributed by atoms with Crippen LogP contribution in [0.25, 0.3) is 5.76 Å². The average molecular weight is 484 g/mol. The molecule has 1 fully saturated rings. The third-order valence-electron chi connectivity index (χ3n) is 5.64. The number of ether oxygens (including phenoxy) is 1. The zero-order valence-electron chi connectivity index (χ0n) is 19.0. The lowest BCUT2D eigenvalue weighted by Gasteiger charge is -2.23. The maximum Gasteiger partial charge on any atom is 0.301 e. The molecule has 7 nitrogen and oxygen atoms in total. The Kier molecular flexibility index (Phi) is 5.88. The van der Waals surface area contributed by atoms with Crippen molar-refractivity contribution >= 4 is 33.9 Å². The van der Waals surface area contributed by atoms with Gasteiger partial charge < -0.3 is 9.84 Å². The monoisotopic (exact) mass is 483 g/mol. The van der Waals surface area contributed by atoms with Gasteiger partial charge in [0.25, 0.3) is 5.78 Å². The maximum atomic E-state index is 13.3. The van der Waals surface area contributed by atoms with E-state index in [9.17, 15) is 14.7 Å². The summed E-state index contributed by atoms with van der Waals surface area (Å²) in [5.41, 5.74) is 2.04. The fraction of sp³-hybridized carbons (Fsp3) is 0.111. The molecule has 1 saturated heterocycles. The summed E-state index contributed by atoms with van der Waals surface area (Å²) < 4.78 is 5.98. The van der Waals surface area contributed by atoms with Crippen LogP contribution in [0.1, 0.15) is 27.7 Å². The minimum absolute atomic E-state index is 0.0106. The number of rotatable bonds is 5. The van der Waals surface area contributed by atoms with Crippen molar-refractivity contribution in [1.82, 2.24) is 10.2 Å². The van der Waals surface area contributed by atoms with E-state index in [4.69, 9.17) is 4.74 Å². The molecule has 1 atom stereocenters. The number of aliphatic hydroxyl groups is 1. The van der Waals surface area contributed by atoms with Crippen LogP contribution in [0.15, 0.2) is 84.4 Å². The van der Waals surface area contributed by atoms with Crippen LogP contribution in [-0.2, 0) is 9.59 Å². The molecule has 0 aliphatic carbocycles. The number of benzene rings is 3. The fourth-order valence-corrected chi connectivity index (χ4v) is 4.68. The number of aliphatic hydroxyl groups excluding tert-OH is 1. The zero-order valence-corrected chi connectivity index (χ0v) is 19.8. The van der Waals surface area contributed by atoms with Crippen molar-refractivity contribution in [2.75, 3.05) is 4.90 Å². The zero-order chi connectivity index (χ0) is 24.5. The predicted octanol–water partition coefficient (Wildman–Crippen LogP) is 5.57. The smallest absolute Gasteiger partial charge is 0.301 e. The van der Waals surface area contributed by atoms with E-state index in [1.807, 2.05) is 49.4 Å². The Labute approximate surface area is 206 Å². The molecule has 0 unspecified atom stereocenters. The van der Waals surface area contributed by atoms with Gasteiger partial charge in [-0.15, -0.1) is 10.2 Å². The number of Topliss-reactive ketones (excluding diaryl/α,β-unsaturated/α-hetero) is 1. The first-order chi connectivity index (χ1) is 16.9. The van der Waals surface area contributed by atoms with Crippen molar-refractivity contribution < 1.29 is 19.4 Å². The molecule has 174 valence electrons. The summed E-state index contributed by atoms with van der Waals surface area (Å²) in [6.45, 7) is 3.70. The normalized spacial score (nSPS) is 17.1. The SMILES string of the molecule is Cc1ccc(C(O)=C2C(=O)C(=O)N(c3nnc(C)s3)[C@@H]2c2cccc(Oc3ccccc3)c2)cc1. The number of aromatic nitrogens is 2. The number of hydrogen-bond donors (Lipinski definition) is 1. The molecule has 1 aromatic heterocycles. The van der Waals surface area contributed by atoms with Crippen LogP contribution in [0.2, 0.25) is 0 Å². The van der Waals surface area contributed by atoms with Gasteiger partial charge in [0.1, 0.15) is 22.3 Å². The Morgan fingerprint density at radius 1 is 0.914 bits per heavy atom. The minimum atomic E-state index is -0.900. The maximum absolute atomic E-state index is 13.3. The van der Waals surface area contributed by atoms with Crippen molar-refractivity contribution in [3.63, 3.8) is 0 Å². The second kappa shape index (κ2) is 9.15. The number of amides is 1. The van der Waals surface area contributed by atoms with Gasteiger partial charge in [-0.3, -0.25) is 14.5 Å². The topological polar surface area (TPSA) is 92.6 Å². The lowest BCUT2D eigenvalue weighted by atomic mass is 9.95. The third kappa shape index (κ3) is 4.31. The second-order valence-corrected chi connectivity index (χ2v) is 9.29. The van der Waals surface area contributed by atoms with E-state index in [0.29, 0.717) is 27.6 Å². The Hall–Kier alpha value is -4.30. The molecule has 8 heteroatoms. The molecule has 1 aliphatic rings. The number of anilines is 1. The van der Waals surface area contributed by atoms with E-state index in [1.54, 1.807) is 43.3 Å². The third-order valence-corrected chi connectivity index (χ3v) is 6.48. The van der Waals surface area contributed by atoms with E-state index in [0.717, 1.165) is 5.56 Å². The summed E-state index contributed by atoms with van der Waals surface area (Å²) in [6.07, 6.45) is 0. The van der Waals surface area contributed by atoms with Crippen molar-refractivity contribution in [2.24, 2.45) is 0 Å². The molecule has 2 heterocycles. The Bertz CT molecular complexity index is 1440. The Morgan fingerprint density at radius 2 is 1.63 bits per heavy atom. The second-order valence-electron chi connectivity index (χ2n) is 8.13. The number of ketones is 1. The number of nitrogens with zero attached hydrogens (tertiary/aromatic N) is 3. The van der Waals surface area contributed by atoms with Crippen LogP contribution in [0.3, 0.4) is 0 Å². The number of hydrogen-bond acceptors (Lipinski definition) is 7. The van der Waals surface area contributed by atoms with E-state index < -0.39 is 17.7 Å². The summed E-state index contributed by atoms with van der Waals surface area (Å²) >= 11 is 1.20. The Balaban J connectivity index is 1.65. The van der Waals surface area contributed by atoms with Crippen LogP contribution in [0.4, 0.5) is 5.13 Å². The lowest BCUT2D eigenvalue weighted by Crippen LogP contribution is -2.29. The molecule has 1 N–H and O–H groups in total. The van der Waals surface area contributed by atoms with E-state index in [-0.39, 0.29) is 16.5 Å². The fourth-order valence-electron chi connectivity index (χ4n) is 3.97. The summed E-state index contributed by atoms with van der Waals surface area (Å²) in [5, 5.41) is 20.3. The summed E-state index contributed by atoms with van der Waals surface area (Å²) in [6, 6.07) is 22.6. The van der Waals surface area contributed by atoms with Crippen molar-refractivity contribution in [3.8, 4) is 11.5 Å². The molecular weight excluding hydrogens is 462 g/mol. The summed E-state index contributed by atoms with van der Waals surface area (Å²) in [7, 11) is 0. The molecular formula is C27H21N3O4S. The summed E-state index contributed by atoms with van der Waals surface area (Å²) in [4.78, 5) is 27.8. The van der Waals surface area contributed by atoms with Gasteiger partial charge >= 0.3 is 5.91 Å². The molecule has 0 saturated carbocycles. The van der Waals surface area contributed by atoms with E-state index in [2.05, 4.69) is 10.2 Å². The predicted molar refractivity (Wildman–Crippen MR) is 134 cm³/mol. The quantitative estimate of drug-likeness (QED) is 0.227. The lowest BCUT2D eigenvalue weighted by molar-refractivity contribution is -0.132. The minimum Gasteiger partial charge on any atom is -0.507 e. The molecule has 0 radical (unpaired) electrons. The molecule has 0 bridgehead atoms. The highest BCUT2D eigenvalue weighted by atomic mass is 32.1. The van der Waals surface area contributed by atoms with Gasteiger partial charge in [-0.2, -0.15) is 0 Å². The van der Waals surface area contributed by atoms with Gasteiger partial charge in [0.2, 0.25) is 5.13 Å². The van der Waals surface area contributed by atoms with Crippen LogP contribution in [0, 0.1) is 13.8 Å². The molecule has 0 spiro atoms. The van der Waals surface area contributed by atoms with Crippen LogP contribution in [0.5, 0.6) is 11.5 Å². The first-order valence-electron chi connectivity index (χ1n) is 10.9. The highest BCUT2D eigenvalue weighted by molar-refractivity contribution is 7.15. The van der Waals surface area contributed by atoms with E-state index >= 15 is 0 Å². The molecule has 1 amide bonds. The van der Waals surface area contributed by atoms with Crippen LogP contribution < -0.4 is 9.64 Å². The van der Waals surface area contributed by atoms with Crippen molar-refractivity contribution in [2.45, 2.75) is 19.9 Å². The van der Waals surface area contributed by atoms with Gasteiger partial charge in [-0.05, 0) is 43.7 Å². The highest BCUT2D eigenvalue weighted by Gasteiger charge is 2.48. The van der Waals surface area contributed by atoms with Gasteiger partial charge in [-0.1, -0.05) is 71.5 Å². The number of carbonyl (C=O) groups is 2.